The Balaban J connectivity index is 0.00000225. The monoisotopic (exact) mass is 169 g/mol. The molecule has 0 amide bonds. The van der Waals surface area contributed by atoms with Crippen molar-refractivity contribution in [2.45, 2.75) is 19.2 Å². The summed E-state index contributed by atoms with van der Waals surface area (Å²) in [6.07, 6.45) is 0.828. The first-order valence-corrected chi connectivity index (χ1v) is 2.16. The molecule has 10 heavy (non-hydrogen) atoms. The number of aromatic nitrogens is 2. The largest absolute Gasteiger partial charge is 0.343 e. The molecular formula is C5H10ClN3O. The molecule has 0 saturated heterocycles. The summed E-state index contributed by atoms with van der Waals surface area (Å²) in [6.45, 7) is -5.91. The Morgan fingerprint density at radius 2 is 2.50 bits per heavy atom. The van der Waals surface area contributed by atoms with Gasteiger partial charge in [0.05, 0.1) is 5.54 Å². The number of halogens is 1. The third-order valence-electron chi connectivity index (χ3n) is 0.714. The molecule has 1 heterocycles. The number of nitrogens with two attached hydrogens (primary N) is 1. The summed E-state index contributed by atoms with van der Waals surface area (Å²) < 4.78 is 47.2. The summed E-state index contributed by atoms with van der Waals surface area (Å²) in [6, 6.07) is 0. The van der Waals surface area contributed by atoms with Crippen molar-refractivity contribution in [1.29, 1.82) is 0 Å². The fraction of sp³-hybridized carbons (Fsp3) is 0.600. The molecule has 1 rings (SSSR count). The molecule has 0 bridgehead atoms. The summed E-state index contributed by atoms with van der Waals surface area (Å²) in [5.41, 5.74) is 2.79. The fourth-order valence-corrected chi connectivity index (χ4v) is 0.344. The molecule has 5 heteroatoms. The van der Waals surface area contributed by atoms with Crippen molar-refractivity contribution < 1.29 is 12.7 Å². The van der Waals surface area contributed by atoms with Crippen LogP contribution in [-0.4, -0.2) is 10.1 Å². The predicted molar refractivity (Wildman–Crippen MR) is 38.8 cm³/mol. The van der Waals surface area contributed by atoms with Gasteiger partial charge in [-0.1, -0.05) is 5.16 Å². The van der Waals surface area contributed by atoms with E-state index in [9.17, 15) is 0 Å². The lowest BCUT2D eigenvalue weighted by molar-refractivity contribution is 0.388. The molecule has 0 aliphatic rings. The number of hydrogen-bond acceptors (Lipinski definition) is 4. The van der Waals surface area contributed by atoms with Crippen molar-refractivity contribution in [3.8, 4) is 0 Å². The van der Waals surface area contributed by atoms with Crippen LogP contribution in [0.4, 0.5) is 0 Å². The van der Waals surface area contributed by atoms with E-state index in [-0.39, 0.29) is 12.4 Å². The molecule has 0 fully saturated rings. The minimum atomic E-state index is -2.96. The van der Waals surface area contributed by atoms with Crippen molar-refractivity contribution in [1.82, 2.24) is 10.1 Å². The Labute approximate surface area is 73.6 Å². The summed E-state index contributed by atoms with van der Waals surface area (Å²) in [5.74, 6) is -0.553. The van der Waals surface area contributed by atoms with Crippen LogP contribution in [0.5, 0.6) is 0 Å². The van der Waals surface area contributed by atoms with E-state index in [4.69, 9.17) is 14.0 Å². The molecule has 58 valence electrons. The van der Waals surface area contributed by atoms with Gasteiger partial charge in [0.15, 0.2) is 5.82 Å². The molecule has 0 radical (unpaired) electrons. The van der Waals surface area contributed by atoms with Gasteiger partial charge in [-0.3, -0.25) is 0 Å². The highest BCUT2D eigenvalue weighted by Gasteiger charge is 2.18. The molecule has 0 aromatic carbocycles. The zero-order valence-electron chi connectivity index (χ0n) is 10.9. The lowest BCUT2D eigenvalue weighted by Crippen LogP contribution is -2.29. The van der Waals surface area contributed by atoms with Gasteiger partial charge >= 0.3 is 0 Å². The van der Waals surface area contributed by atoms with Gasteiger partial charge in [-0.2, -0.15) is 4.98 Å². The lowest BCUT2D eigenvalue weighted by Gasteiger charge is -2.11. The van der Waals surface area contributed by atoms with E-state index in [2.05, 4.69) is 14.7 Å². The van der Waals surface area contributed by atoms with Gasteiger partial charge in [-0.05, 0) is 13.7 Å². The Bertz CT molecular complexity index is 319. The highest BCUT2D eigenvalue weighted by molar-refractivity contribution is 5.85. The highest BCUT2D eigenvalue weighted by atomic mass is 35.5. The number of nitrogens with zero attached hydrogens (tertiary/aromatic N) is 2. The molecule has 0 unspecified atom stereocenters. The molecule has 0 aliphatic heterocycles. The second-order valence-corrected chi connectivity index (χ2v) is 1.56. The number of rotatable bonds is 1. The average molecular weight is 170 g/mol. The molecule has 0 aliphatic carbocycles. The second kappa shape index (κ2) is 2.98. The summed E-state index contributed by atoms with van der Waals surface area (Å²) >= 11 is 0. The fourth-order valence-electron chi connectivity index (χ4n) is 0.344. The topological polar surface area (TPSA) is 64.9 Å². The summed E-state index contributed by atoms with van der Waals surface area (Å²) in [4.78, 5) is 3.40. The SMILES string of the molecule is Cl.[2H]C([2H])([2H])C(N)(c1ncon1)C([2H])([2H])[2H]. The van der Waals surface area contributed by atoms with Gasteiger partial charge in [0, 0.05) is 8.22 Å². The van der Waals surface area contributed by atoms with Crippen molar-refractivity contribution in [3.05, 3.63) is 12.2 Å². The van der Waals surface area contributed by atoms with E-state index in [0.717, 1.165) is 6.39 Å². The zero-order valence-corrected chi connectivity index (χ0v) is 5.68. The minimum Gasteiger partial charge on any atom is -0.343 e. The van der Waals surface area contributed by atoms with Crippen LogP contribution in [0.25, 0.3) is 0 Å². The van der Waals surface area contributed by atoms with Crippen LogP contribution in [0, 0.1) is 0 Å². The van der Waals surface area contributed by atoms with Crippen molar-refractivity contribution in [3.63, 3.8) is 0 Å². The normalized spacial score (nSPS) is 22.1. The maximum atomic E-state index is 7.14. The standard InChI is InChI=1S/C5H9N3O.ClH/c1-5(2,6)4-7-3-9-8-4;/h3H,6H2,1-2H3;1H/i1D3,2D3;. The molecule has 0 atom stereocenters. The van der Waals surface area contributed by atoms with Crippen LogP contribution in [0.1, 0.15) is 27.8 Å². The highest BCUT2D eigenvalue weighted by Crippen LogP contribution is 2.09. The van der Waals surface area contributed by atoms with Gasteiger partial charge in [0.2, 0.25) is 6.39 Å². The van der Waals surface area contributed by atoms with Gasteiger partial charge in [0.1, 0.15) is 0 Å². The van der Waals surface area contributed by atoms with Crippen LogP contribution in [-0.2, 0) is 5.54 Å². The Kier molecular flexibility index (Phi) is 0.953. The van der Waals surface area contributed by atoms with Gasteiger partial charge in [0.25, 0.3) is 0 Å². The average Bonchev–Trinajstić information content (AvgIpc) is 2.49. The van der Waals surface area contributed by atoms with Crippen LogP contribution in [0.15, 0.2) is 10.9 Å². The Hall–Kier alpha value is -0.610. The van der Waals surface area contributed by atoms with E-state index in [0.29, 0.717) is 0 Å². The van der Waals surface area contributed by atoms with E-state index in [1.165, 1.54) is 0 Å². The lowest BCUT2D eigenvalue weighted by atomic mass is 10.1. The van der Waals surface area contributed by atoms with Gasteiger partial charge < -0.3 is 10.3 Å². The van der Waals surface area contributed by atoms with Crippen molar-refractivity contribution in [2.75, 3.05) is 0 Å². The Morgan fingerprint density at radius 3 is 2.90 bits per heavy atom. The molecule has 0 spiro atoms. The second-order valence-electron chi connectivity index (χ2n) is 1.56. The molecule has 2 N–H and O–H groups in total. The maximum Gasteiger partial charge on any atom is 0.213 e. The van der Waals surface area contributed by atoms with E-state index in [1.54, 1.807) is 0 Å². The predicted octanol–water partition coefficient (Wildman–Crippen LogP) is 0.685. The summed E-state index contributed by atoms with van der Waals surface area (Å²) in [7, 11) is 0. The first-order valence-electron chi connectivity index (χ1n) is 5.16. The molecule has 4 nitrogen and oxygen atoms in total. The van der Waals surface area contributed by atoms with E-state index >= 15 is 0 Å². The molecule has 0 saturated carbocycles. The smallest absolute Gasteiger partial charge is 0.213 e. The number of hydrogen-bond donors (Lipinski definition) is 1. The first kappa shape index (κ1) is 3.19. The zero-order chi connectivity index (χ0) is 11.9. The van der Waals surface area contributed by atoms with Gasteiger partial charge in [-0.25, -0.2) is 0 Å². The first-order chi connectivity index (χ1) is 6.61. The van der Waals surface area contributed by atoms with Crippen LogP contribution < -0.4 is 5.73 Å². The van der Waals surface area contributed by atoms with Crippen LogP contribution in [0.2, 0.25) is 0 Å². The van der Waals surface area contributed by atoms with E-state index in [1.807, 2.05) is 0 Å². The Morgan fingerprint density at radius 1 is 1.80 bits per heavy atom. The quantitative estimate of drug-likeness (QED) is 0.672. The van der Waals surface area contributed by atoms with E-state index < -0.39 is 25.1 Å². The van der Waals surface area contributed by atoms with Crippen LogP contribution >= 0.6 is 12.4 Å². The summed E-state index contributed by atoms with van der Waals surface area (Å²) in [5, 5.41) is 3.19. The van der Waals surface area contributed by atoms with Crippen molar-refractivity contribution >= 4 is 12.4 Å². The molecule has 1 aromatic heterocycles. The third kappa shape index (κ3) is 1.97. The van der Waals surface area contributed by atoms with Crippen molar-refractivity contribution in [2.24, 2.45) is 5.73 Å². The van der Waals surface area contributed by atoms with Crippen LogP contribution in [0.3, 0.4) is 0 Å². The molecular weight excluding hydrogens is 154 g/mol. The maximum absolute atomic E-state index is 7.14. The minimum absolute atomic E-state index is 0. The molecule has 1 aromatic rings. The van der Waals surface area contributed by atoms with Gasteiger partial charge in [-0.15, -0.1) is 12.4 Å². The third-order valence-corrected chi connectivity index (χ3v) is 0.714.